The molecular formula is C21H22N4O2. The van der Waals surface area contributed by atoms with Crippen molar-refractivity contribution in [2.45, 2.75) is 25.2 Å². The number of ether oxygens (including phenoxy) is 1. The number of hydrogen-bond donors (Lipinski definition) is 1. The molecule has 1 aromatic heterocycles. The van der Waals surface area contributed by atoms with Gasteiger partial charge in [0.25, 0.3) is 5.91 Å². The zero-order valence-corrected chi connectivity index (χ0v) is 15.0. The summed E-state index contributed by atoms with van der Waals surface area (Å²) in [5, 5.41) is 11.3. The summed E-state index contributed by atoms with van der Waals surface area (Å²) < 4.78 is 7.44. The second-order valence-corrected chi connectivity index (χ2v) is 6.62. The molecular weight excluding hydrogens is 340 g/mol. The van der Waals surface area contributed by atoms with Crippen molar-refractivity contribution in [2.24, 2.45) is 0 Å². The number of amides is 1. The van der Waals surface area contributed by atoms with Crippen LogP contribution in [0.15, 0.2) is 60.7 Å². The SMILES string of the molecule is O=C(NCCCOc1ccccc1)c1nnn(-c2ccccc2)c1C1CC1. The highest BCUT2D eigenvalue weighted by molar-refractivity contribution is 5.93. The predicted octanol–water partition coefficient (Wildman–Crippen LogP) is 3.34. The van der Waals surface area contributed by atoms with Gasteiger partial charge in [-0.25, -0.2) is 4.68 Å². The van der Waals surface area contributed by atoms with Crippen molar-refractivity contribution in [3.05, 3.63) is 72.1 Å². The third-order valence-corrected chi connectivity index (χ3v) is 4.50. The van der Waals surface area contributed by atoms with E-state index in [-0.39, 0.29) is 5.91 Å². The van der Waals surface area contributed by atoms with Crippen LogP contribution in [0.5, 0.6) is 5.75 Å². The van der Waals surface area contributed by atoms with Crippen LogP contribution in [0.25, 0.3) is 5.69 Å². The number of rotatable bonds is 8. The first-order valence-corrected chi connectivity index (χ1v) is 9.30. The first-order valence-electron chi connectivity index (χ1n) is 9.30. The normalized spacial score (nSPS) is 13.3. The van der Waals surface area contributed by atoms with E-state index in [1.165, 1.54) is 0 Å². The van der Waals surface area contributed by atoms with Gasteiger partial charge in [-0.2, -0.15) is 0 Å². The fourth-order valence-corrected chi connectivity index (χ4v) is 3.00. The average molecular weight is 362 g/mol. The van der Waals surface area contributed by atoms with E-state index in [1.807, 2.05) is 60.7 Å². The molecule has 1 aliphatic carbocycles. The van der Waals surface area contributed by atoms with Crippen LogP contribution in [0.1, 0.15) is 41.4 Å². The molecule has 0 unspecified atom stereocenters. The van der Waals surface area contributed by atoms with Crippen molar-refractivity contribution in [3.8, 4) is 11.4 Å². The molecule has 0 atom stereocenters. The van der Waals surface area contributed by atoms with Crippen molar-refractivity contribution < 1.29 is 9.53 Å². The lowest BCUT2D eigenvalue weighted by molar-refractivity contribution is 0.0945. The van der Waals surface area contributed by atoms with Crippen LogP contribution in [0.2, 0.25) is 0 Å². The number of hydrogen-bond acceptors (Lipinski definition) is 4. The van der Waals surface area contributed by atoms with Gasteiger partial charge in [-0.05, 0) is 43.5 Å². The number of carbonyl (C=O) groups is 1. The molecule has 1 saturated carbocycles. The van der Waals surface area contributed by atoms with Crippen LogP contribution in [0.4, 0.5) is 0 Å². The molecule has 138 valence electrons. The molecule has 4 rings (SSSR count). The van der Waals surface area contributed by atoms with Crippen LogP contribution < -0.4 is 10.1 Å². The van der Waals surface area contributed by atoms with Crippen LogP contribution in [-0.2, 0) is 0 Å². The molecule has 0 saturated heterocycles. The summed E-state index contributed by atoms with van der Waals surface area (Å²) in [6.07, 6.45) is 2.88. The highest BCUT2D eigenvalue weighted by atomic mass is 16.5. The molecule has 1 N–H and O–H groups in total. The van der Waals surface area contributed by atoms with E-state index in [1.54, 1.807) is 4.68 Å². The zero-order valence-electron chi connectivity index (χ0n) is 15.0. The minimum absolute atomic E-state index is 0.168. The Kier molecular flexibility index (Phi) is 5.14. The van der Waals surface area contributed by atoms with E-state index >= 15 is 0 Å². The lowest BCUT2D eigenvalue weighted by atomic mass is 10.2. The van der Waals surface area contributed by atoms with Crippen molar-refractivity contribution in [3.63, 3.8) is 0 Å². The number of benzene rings is 2. The van der Waals surface area contributed by atoms with Crippen LogP contribution in [-0.4, -0.2) is 34.1 Å². The summed E-state index contributed by atoms with van der Waals surface area (Å²) in [4.78, 5) is 12.6. The van der Waals surface area contributed by atoms with Gasteiger partial charge in [-0.1, -0.05) is 41.6 Å². The number of aromatic nitrogens is 3. The minimum atomic E-state index is -0.168. The Morgan fingerprint density at radius 2 is 1.78 bits per heavy atom. The fourth-order valence-electron chi connectivity index (χ4n) is 3.00. The third kappa shape index (κ3) is 4.16. The van der Waals surface area contributed by atoms with E-state index in [9.17, 15) is 4.79 Å². The predicted molar refractivity (Wildman–Crippen MR) is 102 cm³/mol. The maximum atomic E-state index is 12.6. The lowest BCUT2D eigenvalue weighted by Crippen LogP contribution is -2.27. The van der Waals surface area contributed by atoms with Gasteiger partial charge in [0, 0.05) is 12.5 Å². The maximum absolute atomic E-state index is 12.6. The second kappa shape index (κ2) is 8.03. The van der Waals surface area contributed by atoms with E-state index in [2.05, 4.69) is 15.6 Å². The molecule has 1 aliphatic rings. The van der Waals surface area contributed by atoms with E-state index in [4.69, 9.17) is 4.74 Å². The monoisotopic (exact) mass is 362 g/mol. The molecule has 6 heteroatoms. The van der Waals surface area contributed by atoms with Gasteiger partial charge >= 0.3 is 0 Å². The highest BCUT2D eigenvalue weighted by Crippen LogP contribution is 2.41. The molecule has 1 fully saturated rings. The molecule has 0 bridgehead atoms. The maximum Gasteiger partial charge on any atom is 0.273 e. The van der Waals surface area contributed by atoms with Crippen molar-refractivity contribution >= 4 is 5.91 Å². The van der Waals surface area contributed by atoms with E-state index in [0.29, 0.717) is 24.8 Å². The van der Waals surface area contributed by atoms with Gasteiger partial charge in [0.2, 0.25) is 0 Å². The molecule has 6 nitrogen and oxygen atoms in total. The van der Waals surface area contributed by atoms with Crippen LogP contribution in [0, 0.1) is 0 Å². The summed E-state index contributed by atoms with van der Waals surface area (Å²) in [7, 11) is 0. The molecule has 27 heavy (non-hydrogen) atoms. The first kappa shape index (κ1) is 17.3. The summed E-state index contributed by atoms with van der Waals surface area (Å²) in [5.41, 5.74) is 2.28. The van der Waals surface area contributed by atoms with Gasteiger partial charge in [0.1, 0.15) is 5.75 Å². The average Bonchev–Trinajstić information content (AvgIpc) is 3.46. The number of carbonyl (C=O) groups excluding carboxylic acids is 1. The Bertz CT molecular complexity index is 889. The smallest absolute Gasteiger partial charge is 0.273 e. The fraction of sp³-hybridized carbons (Fsp3) is 0.286. The number of para-hydroxylation sites is 2. The Morgan fingerprint density at radius 3 is 2.48 bits per heavy atom. The second-order valence-electron chi connectivity index (χ2n) is 6.62. The largest absolute Gasteiger partial charge is 0.494 e. The van der Waals surface area contributed by atoms with Crippen LogP contribution in [0.3, 0.4) is 0 Å². The van der Waals surface area contributed by atoms with Gasteiger partial charge in [-0.15, -0.1) is 5.10 Å². The molecule has 2 aromatic carbocycles. The molecule has 1 heterocycles. The quantitative estimate of drug-likeness (QED) is 0.624. The van der Waals surface area contributed by atoms with Gasteiger partial charge in [0.15, 0.2) is 5.69 Å². The Labute approximate surface area is 158 Å². The summed E-state index contributed by atoms with van der Waals surface area (Å²) >= 11 is 0. The summed E-state index contributed by atoms with van der Waals surface area (Å²) in [6.45, 7) is 1.09. The molecule has 0 aliphatic heterocycles. The molecule has 0 spiro atoms. The van der Waals surface area contributed by atoms with Crippen molar-refractivity contribution in [1.82, 2.24) is 20.3 Å². The third-order valence-electron chi connectivity index (χ3n) is 4.50. The molecule has 1 amide bonds. The van der Waals surface area contributed by atoms with Gasteiger partial charge < -0.3 is 10.1 Å². The zero-order chi connectivity index (χ0) is 18.5. The Balaban J connectivity index is 1.35. The van der Waals surface area contributed by atoms with E-state index < -0.39 is 0 Å². The highest BCUT2D eigenvalue weighted by Gasteiger charge is 2.34. The number of nitrogens with zero attached hydrogens (tertiary/aromatic N) is 3. The Morgan fingerprint density at radius 1 is 1.07 bits per heavy atom. The lowest BCUT2D eigenvalue weighted by Gasteiger charge is -2.08. The topological polar surface area (TPSA) is 69.0 Å². The molecule has 3 aromatic rings. The van der Waals surface area contributed by atoms with Crippen molar-refractivity contribution in [1.29, 1.82) is 0 Å². The van der Waals surface area contributed by atoms with Gasteiger partial charge in [0.05, 0.1) is 18.0 Å². The first-order chi connectivity index (χ1) is 13.3. The minimum Gasteiger partial charge on any atom is -0.494 e. The summed E-state index contributed by atoms with van der Waals surface area (Å²) in [5.74, 6) is 1.03. The van der Waals surface area contributed by atoms with Gasteiger partial charge in [-0.3, -0.25) is 4.79 Å². The molecule has 0 radical (unpaired) electrons. The number of nitrogens with one attached hydrogen (secondary N) is 1. The van der Waals surface area contributed by atoms with Crippen LogP contribution >= 0.6 is 0 Å². The standard InChI is InChI=1S/C21H22N4O2/c26-21(22-14-7-15-27-18-10-5-2-6-11-18)19-20(16-12-13-16)25(24-23-19)17-8-3-1-4-9-17/h1-6,8-11,16H,7,12-15H2,(H,22,26). The summed E-state index contributed by atoms with van der Waals surface area (Å²) in [6, 6.07) is 19.5. The Hall–Kier alpha value is -3.15. The van der Waals surface area contributed by atoms with Crippen molar-refractivity contribution in [2.75, 3.05) is 13.2 Å². The van der Waals surface area contributed by atoms with E-state index in [0.717, 1.165) is 36.4 Å².